The van der Waals surface area contributed by atoms with E-state index in [1.165, 1.54) is 0 Å². The van der Waals surface area contributed by atoms with Crippen LogP contribution in [0.1, 0.15) is 24.5 Å². The molecule has 5 heteroatoms. The maximum Gasteiger partial charge on any atom is 0.144 e. The van der Waals surface area contributed by atoms with E-state index in [9.17, 15) is 10.2 Å². The second kappa shape index (κ2) is 8.08. The highest BCUT2D eigenvalue weighted by molar-refractivity contribution is 5.14. The van der Waals surface area contributed by atoms with Crippen molar-refractivity contribution in [1.29, 1.82) is 0 Å². The van der Waals surface area contributed by atoms with Crippen molar-refractivity contribution in [1.82, 2.24) is 5.32 Å². The van der Waals surface area contributed by atoms with Crippen molar-refractivity contribution < 1.29 is 19.7 Å². The molecule has 3 N–H and O–H groups in total. The average Bonchev–Trinajstić information content (AvgIpc) is 2.60. The van der Waals surface area contributed by atoms with Crippen molar-refractivity contribution in [2.75, 3.05) is 0 Å². The first kappa shape index (κ1) is 18.0. The molecule has 0 radical (unpaired) electrons. The fourth-order valence-electron chi connectivity index (χ4n) is 3.15. The Labute approximate surface area is 148 Å². The van der Waals surface area contributed by atoms with Crippen LogP contribution in [-0.2, 0) is 22.7 Å². The quantitative estimate of drug-likeness (QED) is 0.750. The highest BCUT2D eigenvalue weighted by Gasteiger charge is 2.45. The molecule has 1 aliphatic rings. The predicted octanol–water partition coefficient (Wildman–Crippen LogP) is 2.18. The van der Waals surface area contributed by atoms with Crippen molar-refractivity contribution in [3.8, 4) is 0 Å². The Morgan fingerprint density at radius 3 is 2.04 bits per heavy atom. The van der Waals surface area contributed by atoms with Crippen LogP contribution in [0.4, 0.5) is 0 Å². The molecule has 0 spiro atoms. The molecule has 25 heavy (non-hydrogen) atoms. The lowest BCUT2D eigenvalue weighted by molar-refractivity contribution is -0.225. The van der Waals surface area contributed by atoms with Crippen LogP contribution in [0.25, 0.3) is 0 Å². The lowest BCUT2D eigenvalue weighted by Crippen LogP contribution is -2.66. The normalized spacial score (nSPS) is 29.5. The summed E-state index contributed by atoms with van der Waals surface area (Å²) >= 11 is 0. The molecule has 0 saturated carbocycles. The van der Waals surface area contributed by atoms with E-state index in [0.717, 1.165) is 11.1 Å². The van der Waals surface area contributed by atoms with Crippen molar-refractivity contribution in [2.45, 2.75) is 50.7 Å². The van der Waals surface area contributed by atoms with Gasteiger partial charge in [0.15, 0.2) is 0 Å². The Bertz CT molecular complexity index is 647. The number of aliphatic hydroxyl groups is 2. The lowest BCUT2D eigenvalue weighted by Gasteiger charge is -2.44. The van der Waals surface area contributed by atoms with Crippen molar-refractivity contribution in [3.63, 3.8) is 0 Å². The minimum Gasteiger partial charge on any atom is -0.378 e. The SMILES string of the molecule is C[C@]1(O)NC(O)C[C@@H](OCc2ccccc2)[C@@H]1OCc1ccccc1. The monoisotopic (exact) mass is 343 g/mol. The van der Waals surface area contributed by atoms with Gasteiger partial charge in [-0.1, -0.05) is 60.7 Å². The van der Waals surface area contributed by atoms with Crippen LogP contribution in [0, 0.1) is 0 Å². The van der Waals surface area contributed by atoms with E-state index in [2.05, 4.69) is 5.32 Å². The zero-order chi connectivity index (χ0) is 17.7. The summed E-state index contributed by atoms with van der Waals surface area (Å²) in [7, 11) is 0. The zero-order valence-electron chi connectivity index (χ0n) is 14.3. The molecular weight excluding hydrogens is 318 g/mol. The number of piperidine rings is 1. The molecule has 1 fully saturated rings. The van der Waals surface area contributed by atoms with Gasteiger partial charge in [0.1, 0.15) is 18.1 Å². The molecule has 1 aliphatic heterocycles. The Morgan fingerprint density at radius 2 is 1.48 bits per heavy atom. The Balaban J connectivity index is 1.68. The number of rotatable bonds is 6. The smallest absolute Gasteiger partial charge is 0.144 e. The third-order valence-electron chi connectivity index (χ3n) is 4.39. The number of hydrogen-bond donors (Lipinski definition) is 3. The third-order valence-corrected chi connectivity index (χ3v) is 4.39. The maximum atomic E-state index is 10.7. The molecule has 3 rings (SSSR count). The Kier molecular flexibility index (Phi) is 5.83. The maximum absolute atomic E-state index is 10.7. The minimum atomic E-state index is -1.38. The van der Waals surface area contributed by atoms with Crippen molar-refractivity contribution in [2.24, 2.45) is 0 Å². The first-order chi connectivity index (χ1) is 12.0. The van der Waals surface area contributed by atoms with Gasteiger partial charge in [0.2, 0.25) is 0 Å². The molecule has 2 aromatic carbocycles. The standard InChI is InChI=1S/C20H25NO4/c1-20(23)19(25-14-16-10-6-3-7-11-16)17(12-18(22)21-20)24-13-15-8-4-2-5-9-15/h2-11,17-19,21-23H,12-14H2,1H3/t17-,18?,19+,20-/m1/s1. The van der Waals surface area contributed by atoms with Gasteiger partial charge in [-0.05, 0) is 18.1 Å². The highest BCUT2D eigenvalue weighted by Crippen LogP contribution is 2.27. The van der Waals surface area contributed by atoms with E-state index >= 15 is 0 Å². The molecule has 1 saturated heterocycles. The van der Waals surface area contributed by atoms with Crippen molar-refractivity contribution >= 4 is 0 Å². The predicted molar refractivity (Wildman–Crippen MR) is 94.4 cm³/mol. The average molecular weight is 343 g/mol. The fourth-order valence-corrected chi connectivity index (χ4v) is 3.15. The summed E-state index contributed by atoms with van der Waals surface area (Å²) in [5.41, 5.74) is 0.677. The van der Waals surface area contributed by atoms with Crippen LogP contribution in [-0.4, -0.2) is 34.4 Å². The lowest BCUT2D eigenvalue weighted by atomic mass is 9.94. The molecule has 0 amide bonds. The zero-order valence-corrected chi connectivity index (χ0v) is 14.3. The van der Waals surface area contributed by atoms with Crippen LogP contribution >= 0.6 is 0 Å². The van der Waals surface area contributed by atoms with E-state index in [-0.39, 0.29) is 0 Å². The van der Waals surface area contributed by atoms with Crippen LogP contribution in [0.15, 0.2) is 60.7 Å². The van der Waals surface area contributed by atoms with Gasteiger partial charge in [-0.15, -0.1) is 0 Å². The highest BCUT2D eigenvalue weighted by atomic mass is 16.6. The second-order valence-electron chi connectivity index (χ2n) is 6.60. The number of ether oxygens (including phenoxy) is 2. The van der Waals surface area contributed by atoms with Gasteiger partial charge >= 0.3 is 0 Å². The third kappa shape index (κ3) is 4.87. The molecule has 0 aromatic heterocycles. The summed E-state index contributed by atoms with van der Waals surface area (Å²) in [5, 5.41) is 23.5. The summed E-state index contributed by atoms with van der Waals surface area (Å²) in [6.07, 6.45) is -1.51. The molecule has 4 atom stereocenters. The van der Waals surface area contributed by atoms with Gasteiger partial charge < -0.3 is 19.7 Å². The Hall–Kier alpha value is -1.76. The summed E-state index contributed by atoms with van der Waals surface area (Å²) in [4.78, 5) is 0. The second-order valence-corrected chi connectivity index (χ2v) is 6.60. The van der Waals surface area contributed by atoms with Crippen LogP contribution in [0.3, 0.4) is 0 Å². The van der Waals surface area contributed by atoms with Gasteiger partial charge in [-0.3, -0.25) is 5.32 Å². The fraction of sp³-hybridized carbons (Fsp3) is 0.400. The van der Waals surface area contributed by atoms with Gasteiger partial charge in [0.25, 0.3) is 0 Å². The number of hydrogen-bond acceptors (Lipinski definition) is 5. The number of benzene rings is 2. The van der Waals surface area contributed by atoms with E-state index in [1.807, 2.05) is 60.7 Å². The Morgan fingerprint density at radius 1 is 0.960 bits per heavy atom. The van der Waals surface area contributed by atoms with Gasteiger partial charge in [0.05, 0.1) is 19.3 Å². The van der Waals surface area contributed by atoms with Crippen LogP contribution in [0.2, 0.25) is 0 Å². The minimum absolute atomic E-state index is 0.350. The van der Waals surface area contributed by atoms with E-state index < -0.39 is 24.2 Å². The van der Waals surface area contributed by atoms with Gasteiger partial charge in [0, 0.05) is 6.42 Å². The molecule has 0 bridgehead atoms. The molecule has 0 aliphatic carbocycles. The van der Waals surface area contributed by atoms with Crippen LogP contribution < -0.4 is 5.32 Å². The van der Waals surface area contributed by atoms with Crippen molar-refractivity contribution in [3.05, 3.63) is 71.8 Å². The largest absolute Gasteiger partial charge is 0.378 e. The summed E-state index contributed by atoms with van der Waals surface area (Å²) in [5.74, 6) is 0. The number of aliphatic hydroxyl groups excluding tert-OH is 1. The van der Waals surface area contributed by atoms with E-state index in [0.29, 0.717) is 19.6 Å². The first-order valence-corrected chi connectivity index (χ1v) is 8.54. The first-order valence-electron chi connectivity index (χ1n) is 8.54. The number of nitrogens with one attached hydrogen (secondary N) is 1. The molecular formula is C20H25NO4. The summed E-state index contributed by atoms with van der Waals surface area (Å²) in [6, 6.07) is 19.6. The van der Waals surface area contributed by atoms with E-state index in [4.69, 9.17) is 9.47 Å². The molecule has 5 nitrogen and oxygen atoms in total. The molecule has 1 unspecified atom stereocenters. The summed E-state index contributed by atoms with van der Waals surface area (Å²) < 4.78 is 12.0. The molecule has 2 aromatic rings. The topological polar surface area (TPSA) is 71.0 Å². The van der Waals surface area contributed by atoms with Crippen LogP contribution in [0.5, 0.6) is 0 Å². The summed E-state index contributed by atoms with van der Waals surface area (Å²) in [6.45, 7) is 2.37. The van der Waals surface area contributed by atoms with Gasteiger partial charge in [-0.2, -0.15) is 0 Å². The molecule has 1 heterocycles. The van der Waals surface area contributed by atoms with E-state index in [1.54, 1.807) is 6.92 Å². The molecule has 134 valence electrons. The van der Waals surface area contributed by atoms with Gasteiger partial charge in [-0.25, -0.2) is 0 Å².